The van der Waals surface area contributed by atoms with Crippen LogP contribution in [0.1, 0.15) is 47.1 Å². The average Bonchev–Trinajstić information content (AvgIpc) is 2.75. The first-order valence-corrected chi connectivity index (χ1v) is 10.1. The number of nitrogens with zero attached hydrogens (tertiary/aromatic N) is 2. The molecule has 2 aromatic carbocycles. The van der Waals surface area contributed by atoms with Crippen LogP contribution in [0.2, 0.25) is 0 Å². The van der Waals surface area contributed by atoms with Crippen LogP contribution in [0, 0.1) is 0 Å². The predicted molar refractivity (Wildman–Crippen MR) is 118 cm³/mol. The summed E-state index contributed by atoms with van der Waals surface area (Å²) in [6.07, 6.45) is 1.53. The number of carbonyl (C=O) groups excluding carboxylic acids is 3. The summed E-state index contributed by atoms with van der Waals surface area (Å²) in [7, 11) is 0. The van der Waals surface area contributed by atoms with Crippen LogP contribution in [0.3, 0.4) is 0 Å². The van der Waals surface area contributed by atoms with Gasteiger partial charge in [0.25, 0.3) is 5.91 Å². The van der Waals surface area contributed by atoms with Gasteiger partial charge in [0.05, 0.1) is 17.9 Å². The molecule has 0 aromatic heterocycles. The molecule has 3 rings (SSSR count). The van der Waals surface area contributed by atoms with Gasteiger partial charge in [-0.05, 0) is 56.7 Å². The van der Waals surface area contributed by atoms with Crippen LogP contribution in [-0.4, -0.2) is 48.8 Å². The highest BCUT2D eigenvalue weighted by Gasteiger charge is 2.34. The Morgan fingerprint density at radius 3 is 2.43 bits per heavy atom. The molecule has 1 N–H and O–H groups in total. The van der Waals surface area contributed by atoms with Gasteiger partial charge in [0.1, 0.15) is 0 Å². The summed E-state index contributed by atoms with van der Waals surface area (Å²) in [5.74, 6) is -0.891. The molecule has 0 fully saturated rings. The van der Waals surface area contributed by atoms with E-state index in [-0.39, 0.29) is 30.3 Å². The molecule has 1 heterocycles. The number of para-hydroxylation sites is 1. The van der Waals surface area contributed by atoms with Crippen LogP contribution >= 0.6 is 0 Å². The van der Waals surface area contributed by atoms with E-state index in [1.165, 1.54) is 17.9 Å². The van der Waals surface area contributed by atoms with E-state index in [9.17, 15) is 19.5 Å². The fraction of sp³-hybridized carbons (Fsp3) is 0.292. The van der Waals surface area contributed by atoms with Crippen molar-refractivity contribution in [1.82, 2.24) is 0 Å². The highest BCUT2D eigenvalue weighted by molar-refractivity contribution is 6.36. The first-order chi connectivity index (χ1) is 14.4. The third-order valence-electron chi connectivity index (χ3n) is 5.30. The van der Waals surface area contributed by atoms with E-state index in [0.29, 0.717) is 22.4 Å². The first kappa shape index (κ1) is 21.5. The van der Waals surface area contributed by atoms with E-state index in [4.69, 9.17) is 0 Å². The Morgan fingerprint density at radius 1 is 1.10 bits per heavy atom. The standard InChI is InChI=1S/C24H26N2O4/c1-4-25(5-2)21-11-10-17(14-19(21)16(3)28)15-20-23(29)18-8-6-7-9-22(18)26(12-13-27)24(20)30/h6-11,14-15,27H,4-5,12-13H2,1-3H3. The number of benzene rings is 2. The van der Waals surface area contributed by atoms with Crippen molar-refractivity contribution in [2.45, 2.75) is 20.8 Å². The molecule has 0 atom stereocenters. The van der Waals surface area contributed by atoms with Crippen LogP contribution in [0.5, 0.6) is 0 Å². The summed E-state index contributed by atoms with van der Waals surface area (Å²) in [5, 5.41) is 9.39. The third-order valence-corrected chi connectivity index (χ3v) is 5.30. The SMILES string of the molecule is CCN(CC)c1ccc(C=C2C(=O)c3ccccc3N(CCO)C2=O)cc1C(C)=O. The van der Waals surface area contributed by atoms with E-state index in [1.54, 1.807) is 30.3 Å². The third kappa shape index (κ3) is 3.91. The van der Waals surface area contributed by atoms with Crippen LogP contribution in [-0.2, 0) is 4.79 Å². The van der Waals surface area contributed by atoms with Gasteiger partial charge in [-0.1, -0.05) is 18.2 Å². The Morgan fingerprint density at radius 2 is 1.80 bits per heavy atom. The van der Waals surface area contributed by atoms with E-state index < -0.39 is 5.91 Å². The van der Waals surface area contributed by atoms with Gasteiger partial charge in [0.2, 0.25) is 5.78 Å². The summed E-state index contributed by atoms with van der Waals surface area (Å²) in [6.45, 7) is 6.97. The van der Waals surface area contributed by atoms with E-state index in [2.05, 4.69) is 4.90 Å². The molecule has 156 valence electrons. The van der Waals surface area contributed by atoms with E-state index in [0.717, 1.165) is 18.8 Å². The summed E-state index contributed by atoms with van der Waals surface area (Å²) in [5.41, 5.74) is 2.94. The van der Waals surface area contributed by atoms with Gasteiger partial charge < -0.3 is 14.9 Å². The fourth-order valence-electron chi connectivity index (χ4n) is 3.78. The van der Waals surface area contributed by atoms with Crippen molar-refractivity contribution in [3.05, 3.63) is 64.7 Å². The molecule has 0 saturated heterocycles. The number of anilines is 2. The maximum atomic E-state index is 13.0. The maximum absolute atomic E-state index is 13.0. The molecule has 0 aliphatic carbocycles. The zero-order valence-electron chi connectivity index (χ0n) is 17.5. The zero-order chi connectivity index (χ0) is 21.8. The molecule has 30 heavy (non-hydrogen) atoms. The lowest BCUT2D eigenvalue weighted by Crippen LogP contribution is -2.41. The van der Waals surface area contributed by atoms with Crippen molar-refractivity contribution < 1.29 is 19.5 Å². The Bertz CT molecular complexity index is 1020. The second-order valence-corrected chi connectivity index (χ2v) is 7.09. The molecule has 0 bridgehead atoms. The predicted octanol–water partition coefficient (Wildman–Crippen LogP) is 3.34. The summed E-state index contributed by atoms with van der Waals surface area (Å²) < 4.78 is 0. The average molecular weight is 406 g/mol. The smallest absolute Gasteiger partial charge is 0.262 e. The van der Waals surface area contributed by atoms with Gasteiger partial charge in [0, 0.05) is 36.4 Å². The second-order valence-electron chi connectivity index (χ2n) is 7.09. The quantitative estimate of drug-likeness (QED) is 0.433. The monoisotopic (exact) mass is 406 g/mol. The number of aliphatic hydroxyl groups is 1. The Kier molecular flexibility index (Phi) is 6.47. The number of hydrogen-bond acceptors (Lipinski definition) is 5. The summed E-state index contributed by atoms with van der Waals surface area (Å²) >= 11 is 0. The minimum atomic E-state index is -0.454. The lowest BCUT2D eigenvalue weighted by molar-refractivity contribution is -0.115. The molecule has 6 heteroatoms. The number of fused-ring (bicyclic) bond motifs is 1. The first-order valence-electron chi connectivity index (χ1n) is 10.1. The highest BCUT2D eigenvalue weighted by Crippen LogP contribution is 2.32. The topological polar surface area (TPSA) is 77.9 Å². The van der Waals surface area contributed by atoms with Crippen molar-refractivity contribution in [1.29, 1.82) is 0 Å². The highest BCUT2D eigenvalue weighted by atomic mass is 16.3. The summed E-state index contributed by atoms with van der Waals surface area (Å²) in [6, 6.07) is 12.3. The van der Waals surface area contributed by atoms with Crippen molar-refractivity contribution >= 4 is 34.9 Å². The van der Waals surface area contributed by atoms with Crippen molar-refractivity contribution in [3.8, 4) is 0 Å². The largest absolute Gasteiger partial charge is 0.395 e. The second kappa shape index (κ2) is 9.05. The number of ketones is 2. The number of aliphatic hydroxyl groups excluding tert-OH is 1. The van der Waals surface area contributed by atoms with Crippen LogP contribution in [0.4, 0.5) is 11.4 Å². The van der Waals surface area contributed by atoms with Crippen molar-refractivity contribution in [2.75, 3.05) is 36.0 Å². The maximum Gasteiger partial charge on any atom is 0.262 e. The molecular formula is C24H26N2O4. The number of β-amino-alcohol motifs (C(OH)–C–C–N with tert-alkyl or cyclic N) is 1. The van der Waals surface area contributed by atoms with Gasteiger partial charge in [-0.25, -0.2) is 0 Å². The molecule has 0 spiro atoms. The molecule has 2 aromatic rings. The van der Waals surface area contributed by atoms with Crippen LogP contribution in [0.15, 0.2) is 48.0 Å². The Hall–Kier alpha value is -3.25. The number of amides is 1. The van der Waals surface area contributed by atoms with Crippen LogP contribution < -0.4 is 9.80 Å². The normalized spacial score (nSPS) is 14.8. The molecule has 0 saturated carbocycles. The molecule has 1 amide bonds. The lowest BCUT2D eigenvalue weighted by Gasteiger charge is -2.29. The molecule has 6 nitrogen and oxygen atoms in total. The molecule has 1 aliphatic rings. The van der Waals surface area contributed by atoms with Gasteiger partial charge in [-0.15, -0.1) is 0 Å². The summed E-state index contributed by atoms with van der Waals surface area (Å²) in [4.78, 5) is 41.8. The van der Waals surface area contributed by atoms with E-state index in [1.807, 2.05) is 26.0 Å². The number of hydrogen-bond donors (Lipinski definition) is 1. The minimum absolute atomic E-state index is 0.0206. The van der Waals surface area contributed by atoms with Crippen LogP contribution in [0.25, 0.3) is 6.08 Å². The molecular weight excluding hydrogens is 380 g/mol. The van der Waals surface area contributed by atoms with Gasteiger partial charge in [-0.2, -0.15) is 0 Å². The van der Waals surface area contributed by atoms with Crippen molar-refractivity contribution in [2.24, 2.45) is 0 Å². The van der Waals surface area contributed by atoms with Gasteiger partial charge in [-0.3, -0.25) is 14.4 Å². The van der Waals surface area contributed by atoms with Gasteiger partial charge in [0.15, 0.2) is 5.78 Å². The number of carbonyl (C=O) groups is 3. The molecule has 0 radical (unpaired) electrons. The zero-order valence-corrected chi connectivity index (χ0v) is 17.5. The number of rotatable bonds is 7. The van der Waals surface area contributed by atoms with Crippen molar-refractivity contribution in [3.63, 3.8) is 0 Å². The fourth-order valence-corrected chi connectivity index (χ4v) is 3.78. The molecule has 1 aliphatic heterocycles. The Labute approximate surface area is 176 Å². The number of Topliss-reactive ketones (excluding diaryl/α,β-unsaturated/α-hetero) is 2. The minimum Gasteiger partial charge on any atom is -0.395 e. The Balaban J connectivity index is 2.10. The van der Waals surface area contributed by atoms with Gasteiger partial charge >= 0.3 is 0 Å². The van der Waals surface area contributed by atoms with E-state index >= 15 is 0 Å². The lowest BCUT2D eigenvalue weighted by atomic mass is 9.93. The molecule has 0 unspecified atom stereocenters.